The monoisotopic (exact) mass is 1140 g/mol. The second kappa shape index (κ2) is 64.3. The van der Waals surface area contributed by atoms with Gasteiger partial charge in [-0.15, -0.1) is 0 Å². The van der Waals surface area contributed by atoms with Gasteiger partial charge in [-0.1, -0.05) is 254 Å². The molecule has 0 radical (unpaired) electrons. The molecule has 9 nitrogen and oxygen atoms in total. The summed E-state index contributed by atoms with van der Waals surface area (Å²) in [6, 6.07) is 0. The Balaban J connectivity index is 4.10. The molecule has 0 aliphatic rings. The molecule has 0 bridgehead atoms. The Hall–Kier alpha value is -4.89. The van der Waals surface area contributed by atoms with Crippen LogP contribution in [-0.4, -0.2) is 49.3 Å². The van der Waals surface area contributed by atoms with E-state index in [1.165, 1.54) is 38.5 Å². The van der Waals surface area contributed by atoms with E-state index in [1.807, 2.05) is 0 Å². The minimum absolute atomic E-state index is 0.0368. The molecule has 2 unspecified atom stereocenters. The van der Waals surface area contributed by atoms with Crippen molar-refractivity contribution in [3.63, 3.8) is 0 Å². The highest BCUT2D eigenvalue weighted by atomic mass is 31.2. The van der Waals surface area contributed by atoms with Gasteiger partial charge in [0.15, 0.2) is 6.10 Å². The lowest BCUT2D eigenvalue weighted by molar-refractivity contribution is -0.161. The van der Waals surface area contributed by atoms with Gasteiger partial charge in [0.1, 0.15) is 6.61 Å². The number of rotatable bonds is 56. The third kappa shape index (κ3) is 64.1. The Kier molecular flexibility index (Phi) is 60.4. The molecule has 2 atom stereocenters. The van der Waals surface area contributed by atoms with Crippen molar-refractivity contribution < 1.29 is 37.6 Å². The summed E-state index contributed by atoms with van der Waals surface area (Å²) in [7, 11) is -4.42. The van der Waals surface area contributed by atoms with E-state index in [0.29, 0.717) is 12.8 Å². The fourth-order valence-corrected chi connectivity index (χ4v) is 8.51. The van der Waals surface area contributed by atoms with Crippen molar-refractivity contribution in [3.8, 4) is 0 Å². The molecule has 0 aromatic rings. The summed E-state index contributed by atoms with van der Waals surface area (Å²) < 4.78 is 33.0. The molecule has 3 N–H and O–H groups in total. The SMILES string of the molecule is CC/C=C\C/C=C\C/C=C\C/C=C\C/C=C\C/C=C\C/C=C\C/C=C\C/C=C\C/C=C\C/C=C\CCCCCC(=O)OC(COC(=O)CCCCCCCCCCCC/C=C\C/C=C\C/C=C\C/C=C\CC)COP(=O)(O)OCCN. The number of allylic oxidation sites excluding steroid dienone is 30. The van der Waals surface area contributed by atoms with Crippen molar-refractivity contribution in [2.24, 2.45) is 5.73 Å². The normalized spacial score (nSPS) is 14.3. The number of carbonyl (C=O) groups is 2. The second-order valence-corrected chi connectivity index (χ2v) is 21.3. The van der Waals surface area contributed by atoms with Crippen LogP contribution in [0.4, 0.5) is 0 Å². The zero-order chi connectivity index (χ0) is 58.7. The maximum Gasteiger partial charge on any atom is 0.472 e. The standard InChI is InChI=1S/C71H112NO8P/c1-3-5-7-9-11-13-15-17-19-21-23-25-27-28-29-30-31-32-33-34-35-36-37-38-39-40-42-44-46-48-50-52-54-56-58-60-62-64-71(74)80-69(68-79-81(75,76)78-66-65-72)67-77-70(73)63-61-59-57-55-53-51-49-47-45-43-41-26-24-22-20-18-16-14-12-10-8-6-4-2/h5-8,11-14,17-20,23-26,28-29,31-32,34-35,37-38,40,42,46,48,52,54,69H,3-4,9-10,15-16,21-22,27,30,33,36,39,41,43-45,47,49-51,53,55-68,72H2,1-2H3,(H,75,76)/b7-5-,8-6-,13-11-,14-12-,19-17-,20-18-,25-23-,26-24-,29-28-,32-31-,35-34-,38-37-,42-40-,48-46-,54-52-. The molecule has 0 saturated carbocycles. The van der Waals surface area contributed by atoms with E-state index >= 15 is 0 Å². The highest BCUT2D eigenvalue weighted by Gasteiger charge is 2.26. The van der Waals surface area contributed by atoms with Crippen molar-refractivity contribution in [2.75, 3.05) is 26.4 Å². The first-order valence-corrected chi connectivity index (χ1v) is 32.8. The van der Waals surface area contributed by atoms with E-state index in [0.717, 1.165) is 141 Å². The molecule has 0 aromatic heterocycles. The Morgan fingerprint density at radius 2 is 0.642 bits per heavy atom. The van der Waals surface area contributed by atoms with Crippen LogP contribution in [-0.2, 0) is 32.7 Å². The lowest BCUT2D eigenvalue weighted by Gasteiger charge is -2.19. The van der Waals surface area contributed by atoms with Gasteiger partial charge in [0, 0.05) is 19.4 Å². The number of carbonyl (C=O) groups excluding carboxylic acids is 2. The van der Waals surface area contributed by atoms with Gasteiger partial charge in [-0.05, 0) is 135 Å². The van der Waals surface area contributed by atoms with Crippen LogP contribution in [0.1, 0.15) is 219 Å². The summed E-state index contributed by atoms with van der Waals surface area (Å²) in [5.41, 5.74) is 5.38. The van der Waals surface area contributed by atoms with Crippen molar-refractivity contribution in [1.82, 2.24) is 0 Å². The van der Waals surface area contributed by atoms with Crippen LogP contribution in [0.2, 0.25) is 0 Å². The van der Waals surface area contributed by atoms with Crippen LogP contribution in [0.5, 0.6) is 0 Å². The number of ether oxygens (including phenoxy) is 2. The van der Waals surface area contributed by atoms with E-state index < -0.39 is 32.5 Å². The number of nitrogens with two attached hydrogens (primary N) is 1. The van der Waals surface area contributed by atoms with Gasteiger partial charge in [-0.2, -0.15) is 0 Å². The molecule has 0 amide bonds. The Morgan fingerprint density at radius 1 is 0.370 bits per heavy atom. The van der Waals surface area contributed by atoms with Gasteiger partial charge in [0.25, 0.3) is 0 Å². The Bertz CT molecular complexity index is 1980. The van der Waals surface area contributed by atoms with Gasteiger partial charge < -0.3 is 20.1 Å². The van der Waals surface area contributed by atoms with Crippen LogP contribution in [0.3, 0.4) is 0 Å². The van der Waals surface area contributed by atoms with Gasteiger partial charge in [-0.25, -0.2) is 4.57 Å². The molecule has 454 valence electrons. The van der Waals surface area contributed by atoms with Crippen molar-refractivity contribution in [1.29, 1.82) is 0 Å². The lowest BCUT2D eigenvalue weighted by Crippen LogP contribution is -2.29. The summed E-state index contributed by atoms with van der Waals surface area (Å²) in [4.78, 5) is 35.2. The zero-order valence-electron chi connectivity index (χ0n) is 50.7. The first-order chi connectivity index (χ1) is 39.8. The van der Waals surface area contributed by atoms with Gasteiger partial charge in [0.05, 0.1) is 13.2 Å². The fraction of sp³-hybridized carbons (Fsp3) is 0.549. The quantitative estimate of drug-likeness (QED) is 0.0264. The van der Waals surface area contributed by atoms with Crippen molar-refractivity contribution >= 4 is 19.8 Å². The second-order valence-electron chi connectivity index (χ2n) is 19.8. The van der Waals surface area contributed by atoms with E-state index in [9.17, 15) is 19.0 Å². The molecule has 0 aliphatic carbocycles. The first kappa shape index (κ1) is 76.1. The summed E-state index contributed by atoms with van der Waals surface area (Å²) in [5.74, 6) is -0.885. The lowest BCUT2D eigenvalue weighted by atomic mass is 10.1. The number of phosphoric ester groups is 1. The van der Waals surface area contributed by atoms with Crippen molar-refractivity contribution in [3.05, 3.63) is 182 Å². The predicted octanol–water partition coefficient (Wildman–Crippen LogP) is 20.4. The van der Waals surface area contributed by atoms with E-state index in [2.05, 4.69) is 196 Å². The minimum Gasteiger partial charge on any atom is -0.462 e. The first-order valence-electron chi connectivity index (χ1n) is 31.3. The summed E-state index contributed by atoms with van der Waals surface area (Å²) >= 11 is 0. The van der Waals surface area contributed by atoms with E-state index in [4.69, 9.17) is 24.3 Å². The largest absolute Gasteiger partial charge is 0.472 e. The molecule has 0 aromatic carbocycles. The summed E-state index contributed by atoms with van der Waals surface area (Å²) in [5, 5.41) is 0. The molecule has 0 aliphatic heterocycles. The van der Waals surface area contributed by atoms with Crippen LogP contribution in [0.15, 0.2) is 182 Å². The van der Waals surface area contributed by atoms with Gasteiger partial charge >= 0.3 is 19.8 Å². The maximum absolute atomic E-state index is 12.7. The summed E-state index contributed by atoms with van der Waals surface area (Å²) in [6.07, 6.45) is 96.7. The van der Waals surface area contributed by atoms with Crippen molar-refractivity contribution in [2.45, 2.75) is 225 Å². The van der Waals surface area contributed by atoms with E-state index in [-0.39, 0.29) is 32.6 Å². The number of hydrogen-bond donors (Lipinski definition) is 2. The molecule has 0 fully saturated rings. The molecule has 0 rings (SSSR count). The molecule has 0 saturated heterocycles. The van der Waals surface area contributed by atoms with Crippen LogP contribution >= 0.6 is 7.82 Å². The fourth-order valence-electron chi connectivity index (χ4n) is 7.75. The molecule has 81 heavy (non-hydrogen) atoms. The molecular formula is C71H112NO8P. The Morgan fingerprint density at radius 3 is 0.963 bits per heavy atom. The number of unbranched alkanes of at least 4 members (excludes halogenated alkanes) is 13. The van der Waals surface area contributed by atoms with Gasteiger partial charge in [-0.3, -0.25) is 18.6 Å². The Labute approximate surface area is 494 Å². The van der Waals surface area contributed by atoms with E-state index in [1.54, 1.807) is 0 Å². The molecule has 0 heterocycles. The smallest absolute Gasteiger partial charge is 0.462 e. The highest BCUT2D eigenvalue weighted by molar-refractivity contribution is 7.47. The topological polar surface area (TPSA) is 134 Å². The number of hydrogen-bond acceptors (Lipinski definition) is 8. The van der Waals surface area contributed by atoms with Gasteiger partial charge in [0.2, 0.25) is 0 Å². The maximum atomic E-state index is 12.7. The molecular weight excluding hydrogens is 1030 g/mol. The highest BCUT2D eigenvalue weighted by Crippen LogP contribution is 2.43. The van der Waals surface area contributed by atoms with Crippen LogP contribution in [0.25, 0.3) is 0 Å². The zero-order valence-corrected chi connectivity index (χ0v) is 51.6. The third-order valence-corrected chi connectivity index (χ3v) is 13.3. The summed E-state index contributed by atoms with van der Waals surface area (Å²) in [6.45, 7) is 3.45. The van der Waals surface area contributed by atoms with Crippen LogP contribution < -0.4 is 5.73 Å². The predicted molar refractivity (Wildman–Crippen MR) is 348 cm³/mol. The minimum atomic E-state index is -4.42. The molecule has 0 spiro atoms. The third-order valence-electron chi connectivity index (χ3n) is 12.3. The number of phosphoric acid groups is 1. The average molecular weight is 1140 g/mol. The number of esters is 2. The average Bonchev–Trinajstić information content (AvgIpc) is 3.46. The van der Waals surface area contributed by atoms with Crippen LogP contribution in [0, 0.1) is 0 Å². The molecule has 10 heteroatoms.